The number of aliphatic imine (C=N–C) groups is 1. The van der Waals surface area contributed by atoms with Crippen LogP contribution >= 0.6 is 0 Å². The van der Waals surface area contributed by atoms with Gasteiger partial charge in [-0.25, -0.2) is 15.0 Å². The molecule has 0 bridgehead atoms. The largest absolute Gasteiger partial charge is 0.348 e. The Labute approximate surface area is 153 Å². The van der Waals surface area contributed by atoms with Crippen molar-refractivity contribution in [2.75, 3.05) is 10.0 Å². The highest BCUT2D eigenvalue weighted by Crippen LogP contribution is 2.43. The smallest absolute Gasteiger partial charge is 0.313 e. The molecule has 1 aliphatic carbocycles. The van der Waals surface area contributed by atoms with Gasteiger partial charge in [-0.3, -0.25) is 4.57 Å². The fraction of sp³-hybridized carbons (Fsp3) is 0.333. The molecule has 0 saturated heterocycles. The fourth-order valence-electron chi connectivity index (χ4n) is 4.24. The molecule has 2 aromatic heterocycles. The number of benzene rings is 1. The van der Waals surface area contributed by atoms with Crippen LogP contribution in [0.2, 0.25) is 0 Å². The van der Waals surface area contributed by atoms with Gasteiger partial charge in [-0.05, 0) is 18.9 Å². The Kier molecular flexibility index (Phi) is 2.97. The van der Waals surface area contributed by atoms with Crippen LogP contribution in [0.25, 0.3) is 5.69 Å². The molecule has 8 nitrogen and oxygen atoms in total. The van der Waals surface area contributed by atoms with Gasteiger partial charge in [0.1, 0.15) is 6.34 Å². The first-order chi connectivity index (χ1) is 13.3. The van der Waals surface area contributed by atoms with Crippen LogP contribution < -0.4 is 10.0 Å². The molecule has 3 aromatic rings. The third kappa shape index (κ3) is 2.02. The van der Waals surface area contributed by atoms with Gasteiger partial charge >= 0.3 is 6.01 Å². The van der Waals surface area contributed by atoms with E-state index in [0.29, 0.717) is 17.8 Å². The van der Waals surface area contributed by atoms with Crippen LogP contribution in [-0.4, -0.2) is 26.0 Å². The molecular formula is C18H16FN7O. The first-order valence-electron chi connectivity index (χ1n) is 9.09. The van der Waals surface area contributed by atoms with E-state index >= 15 is 0 Å². The van der Waals surface area contributed by atoms with Crippen LogP contribution in [-0.2, 0) is 0 Å². The molecular weight excluding hydrogens is 349 g/mol. The number of halogens is 1. The standard InChI is InChI=1S/C18H16FN7O/c19-17-20-9-14-25(17)13-8-4-3-7-12(13)16-21-10-24(26(14)16)18-22-15(23-27-18)11-5-1-2-6-11/h3-4,7-11,16H,1-2,5-6H2. The SMILES string of the molecule is Fc1ncc2n1-c1ccccc1C1N=CN(c3nc(C4CCCC4)no3)N21. The average Bonchev–Trinajstić information content (AvgIpc) is 3.46. The summed E-state index contributed by atoms with van der Waals surface area (Å²) >= 11 is 0. The van der Waals surface area contributed by atoms with Crippen molar-refractivity contribution in [3.8, 4) is 5.69 Å². The minimum Gasteiger partial charge on any atom is -0.313 e. The lowest BCUT2D eigenvalue weighted by Crippen LogP contribution is -2.43. The van der Waals surface area contributed by atoms with E-state index in [4.69, 9.17) is 4.52 Å². The average molecular weight is 365 g/mol. The van der Waals surface area contributed by atoms with Gasteiger partial charge in [0.2, 0.25) is 0 Å². The number of hydrogen-bond donors (Lipinski definition) is 0. The molecule has 0 spiro atoms. The molecule has 27 heavy (non-hydrogen) atoms. The first kappa shape index (κ1) is 14.9. The van der Waals surface area contributed by atoms with Crippen molar-refractivity contribution >= 4 is 18.2 Å². The Balaban J connectivity index is 1.44. The van der Waals surface area contributed by atoms with Crippen LogP contribution in [0.5, 0.6) is 0 Å². The van der Waals surface area contributed by atoms with Gasteiger partial charge in [0.05, 0.1) is 11.9 Å². The third-order valence-corrected chi connectivity index (χ3v) is 5.52. The maximum Gasteiger partial charge on any atom is 0.348 e. The van der Waals surface area contributed by atoms with Crippen molar-refractivity contribution in [3.05, 3.63) is 47.9 Å². The summed E-state index contributed by atoms with van der Waals surface area (Å²) in [5.41, 5.74) is 1.62. The highest BCUT2D eigenvalue weighted by molar-refractivity contribution is 5.84. The van der Waals surface area contributed by atoms with Gasteiger partial charge in [0.15, 0.2) is 17.8 Å². The predicted molar refractivity (Wildman–Crippen MR) is 95.2 cm³/mol. The summed E-state index contributed by atoms with van der Waals surface area (Å²) in [6.45, 7) is 0. The summed E-state index contributed by atoms with van der Waals surface area (Å²) in [5, 5.41) is 7.68. The van der Waals surface area contributed by atoms with Gasteiger partial charge < -0.3 is 4.52 Å². The van der Waals surface area contributed by atoms with E-state index in [9.17, 15) is 4.39 Å². The second kappa shape index (κ2) is 5.38. The Morgan fingerprint density at radius 3 is 2.89 bits per heavy atom. The van der Waals surface area contributed by atoms with E-state index in [-0.39, 0.29) is 6.17 Å². The van der Waals surface area contributed by atoms with E-state index in [1.165, 1.54) is 23.6 Å². The molecule has 0 radical (unpaired) electrons. The summed E-state index contributed by atoms with van der Waals surface area (Å²) in [5.74, 6) is 1.65. The molecule has 9 heteroatoms. The summed E-state index contributed by atoms with van der Waals surface area (Å²) in [6, 6.07) is 7.92. The lowest BCUT2D eigenvalue weighted by atomic mass is 10.1. The number of imidazole rings is 1. The molecule has 1 saturated carbocycles. The van der Waals surface area contributed by atoms with Crippen molar-refractivity contribution < 1.29 is 8.91 Å². The molecule has 2 aliphatic heterocycles. The van der Waals surface area contributed by atoms with E-state index in [1.54, 1.807) is 11.3 Å². The van der Waals surface area contributed by atoms with Crippen molar-refractivity contribution in [2.45, 2.75) is 37.8 Å². The second-order valence-corrected chi connectivity index (χ2v) is 7.02. The third-order valence-electron chi connectivity index (χ3n) is 5.52. The van der Waals surface area contributed by atoms with Gasteiger partial charge in [-0.2, -0.15) is 14.4 Å². The first-order valence-corrected chi connectivity index (χ1v) is 9.09. The number of fused-ring (bicyclic) bond motifs is 6. The normalized spacial score (nSPS) is 20.9. The van der Waals surface area contributed by atoms with Crippen LogP contribution in [0.3, 0.4) is 0 Å². The van der Waals surface area contributed by atoms with Gasteiger partial charge in [-0.1, -0.05) is 36.2 Å². The molecule has 1 fully saturated rings. The van der Waals surface area contributed by atoms with Crippen LogP contribution in [0.4, 0.5) is 16.2 Å². The molecule has 0 amide bonds. The summed E-state index contributed by atoms with van der Waals surface area (Å²) in [6.07, 6.45) is 6.82. The molecule has 1 unspecified atom stereocenters. The predicted octanol–water partition coefficient (Wildman–Crippen LogP) is 3.33. The van der Waals surface area contributed by atoms with E-state index in [2.05, 4.69) is 20.1 Å². The molecule has 3 aliphatic rings. The number of hydrogen-bond acceptors (Lipinski definition) is 7. The Bertz CT molecular complexity index is 1050. The maximum absolute atomic E-state index is 14.4. The minimum absolute atomic E-state index is 0.327. The van der Waals surface area contributed by atoms with Crippen molar-refractivity contribution in [2.24, 2.45) is 4.99 Å². The lowest BCUT2D eigenvalue weighted by molar-refractivity contribution is 0.406. The fourth-order valence-corrected chi connectivity index (χ4v) is 4.24. The summed E-state index contributed by atoms with van der Waals surface area (Å²) < 4.78 is 21.4. The maximum atomic E-state index is 14.4. The molecule has 6 rings (SSSR count). The van der Waals surface area contributed by atoms with Gasteiger partial charge in [0.25, 0.3) is 6.08 Å². The zero-order valence-electron chi connectivity index (χ0n) is 14.4. The van der Waals surface area contributed by atoms with Crippen molar-refractivity contribution in [1.29, 1.82) is 0 Å². The van der Waals surface area contributed by atoms with Crippen LogP contribution in [0, 0.1) is 6.08 Å². The summed E-state index contributed by atoms with van der Waals surface area (Å²) in [4.78, 5) is 13.1. The number of aromatic nitrogens is 4. The lowest BCUT2D eigenvalue weighted by Gasteiger charge is -2.35. The van der Waals surface area contributed by atoms with E-state index in [1.807, 2.05) is 29.3 Å². The Morgan fingerprint density at radius 2 is 2.00 bits per heavy atom. The Hall–Kier alpha value is -3.23. The number of para-hydroxylation sites is 1. The highest BCUT2D eigenvalue weighted by atomic mass is 19.1. The monoisotopic (exact) mass is 365 g/mol. The molecule has 0 N–H and O–H groups in total. The molecule has 4 heterocycles. The van der Waals surface area contributed by atoms with E-state index in [0.717, 1.165) is 29.9 Å². The molecule has 136 valence electrons. The number of nitrogens with zero attached hydrogens (tertiary/aromatic N) is 7. The number of anilines is 2. The number of rotatable bonds is 2. The summed E-state index contributed by atoms with van der Waals surface area (Å²) in [7, 11) is 0. The molecule has 1 atom stereocenters. The van der Waals surface area contributed by atoms with Gasteiger partial charge in [0, 0.05) is 11.5 Å². The van der Waals surface area contributed by atoms with Crippen molar-refractivity contribution in [1.82, 2.24) is 19.7 Å². The number of hydrazine groups is 1. The minimum atomic E-state index is -0.570. The zero-order valence-corrected chi connectivity index (χ0v) is 14.4. The van der Waals surface area contributed by atoms with Gasteiger partial charge in [-0.15, -0.1) is 0 Å². The topological polar surface area (TPSA) is 75.6 Å². The second-order valence-electron chi connectivity index (χ2n) is 7.02. The quantitative estimate of drug-likeness (QED) is 0.693. The van der Waals surface area contributed by atoms with Crippen LogP contribution in [0.1, 0.15) is 49.2 Å². The zero-order chi connectivity index (χ0) is 18.0. The van der Waals surface area contributed by atoms with Crippen molar-refractivity contribution in [3.63, 3.8) is 0 Å². The van der Waals surface area contributed by atoms with Crippen LogP contribution in [0.15, 0.2) is 40.0 Å². The van der Waals surface area contributed by atoms with E-state index < -0.39 is 6.08 Å². The Morgan fingerprint density at radius 1 is 1.15 bits per heavy atom. The highest BCUT2D eigenvalue weighted by Gasteiger charge is 2.41. The molecule has 1 aromatic carbocycles.